The third kappa shape index (κ3) is 3.73. The van der Waals surface area contributed by atoms with Gasteiger partial charge in [0.2, 0.25) is 0 Å². The number of methoxy groups -OCH3 is 2. The van der Waals surface area contributed by atoms with E-state index in [9.17, 15) is 4.79 Å². The summed E-state index contributed by atoms with van der Waals surface area (Å²) in [5, 5.41) is 3.35. The Labute approximate surface area is 158 Å². The number of carbonyl (C=O) groups is 1. The zero-order valence-electron chi connectivity index (χ0n) is 15.2. The van der Waals surface area contributed by atoms with Crippen molar-refractivity contribution in [3.05, 3.63) is 52.5 Å². The SMILES string of the molecule is COc1cc(OC)c(NC(=O)N2CCC[C@H]2c2ccc(C)cc2)cc1Cl. The van der Waals surface area contributed by atoms with Crippen LogP contribution in [0.25, 0.3) is 0 Å². The molecule has 2 aromatic rings. The van der Waals surface area contributed by atoms with Crippen molar-refractivity contribution in [1.29, 1.82) is 0 Å². The number of aryl methyl sites for hydroxylation is 1. The molecule has 6 heteroatoms. The van der Waals surface area contributed by atoms with Gasteiger partial charge in [-0.3, -0.25) is 0 Å². The molecule has 1 N–H and O–H groups in total. The topological polar surface area (TPSA) is 50.8 Å². The maximum absolute atomic E-state index is 12.9. The highest BCUT2D eigenvalue weighted by Crippen LogP contribution is 2.37. The Balaban J connectivity index is 1.81. The minimum absolute atomic E-state index is 0.0790. The minimum atomic E-state index is -0.160. The summed E-state index contributed by atoms with van der Waals surface area (Å²) in [6.45, 7) is 2.78. The Hall–Kier alpha value is -2.40. The average Bonchev–Trinajstić information content (AvgIpc) is 3.12. The van der Waals surface area contributed by atoms with Crippen LogP contribution in [0.3, 0.4) is 0 Å². The van der Waals surface area contributed by atoms with E-state index in [4.69, 9.17) is 21.1 Å². The third-order valence-corrected chi connectivity index (χ3v) is 4.99. The second-order valence-electron chi connectivity index (χ2n) is 6.38. The lowest BCUT2D eigenvalue weighted by atomic mass is 10.0. The van der Waals surface area contributed by atoms with Crippen molar-refractivity contribution in [3.63, 3.8) is 0 Å². The third-order valence-electron chi connectivity index (χ3n) is 4.69. The van der Waals surface area contributed by atoms with Crippen LogP contribution in [-0.4, -0.2) is 31.7 Å². The van der Waals surface area contributed by atoms with E-state index < -0.39 is 0 Å². The van der Waals surface area contributed by atoms with Crippen molar-refractivity contribution >= 4 is 23.3 Å². The number of rotatable bonds is 4. The Kier molecular flexibility index (Phi) is 5.57. The number of carbonyl (C=O) groups excluding carboxylic acids is 1. The maximum Gasteiger partial charge on any atom is 0.322 e. The normalized spacial score (nSPS) is 16.5. The number of likely N-dealkylation sites (tertiary alicyclic amines) is 1. The summed E-state index contributed by atoms with van der Waals surface area (Å²) in [5.41, 5.74) is 2.89. The molecular weight excluding hydrogens is 352 g/mol. The summed E-state index contributed by atoms with van der Waals surface area (Å²) >= 11 is 6.20. The summed E-state index contributed by atoms with van der Waals surface area (Å²) in [6.07, 6.45) is 1.93. The highest BCUT2D eigenvalue weighted by atomic mass is 35.5. The van der Waals surface area contributed by atoms with Gasteiger partial charge in [0.15, 0.2) is 0 Å². The van der Waals surface area contributed by atoms with Gasteiger partial charge < -0.3 is 19.7 Å². The van der Waals surface area contributed by atoms with Gasteiger partial charge in [0.05, 0.1) is 31.0 Å². The van der Waals surface area contributed by atoms with Crippen LogP contribution in [0.15, 0.2) is 36.4 Å². The Bertz CT molecular complexity index is 792. The molecule has 138 valence electrons. The van der Waals surface area contributed by atoms with Crippen LogP contribution >= 0.6 is 11.6 Å². The molecule has 2 amide bonds. The summed E-state index contributed by atoms with van der Waals surface area (Å²) in [4.78, 5) is 14.7. The summed E-state index contributed by atoms with van der Waals surface area (Å²) < 4.78 is 10.6. The molecule has 1 saturated heterocycles. The molecule has 26 heavy (non-hydrogen) atoms. The number of hydrogen-bond donors (Lipinski definition) is 1. The molecule has 1 atom stereocenters. The maximum atomic E-state index is 12.9. The number of nitrogens with zero attached hydrogens (tertiary/aromatic N) is 1. The standard InChI is InChI=1S/C20H23ClN2O3/c1-13-6-8-14(9-7-13)17-5-4-10-23(17)20(24)22-16-11-15(21)18(25-2)12-19(16)26-3/h6-9,11-12,17H,4-5,10H2,1-3H3,(H,22,24)/t17-/m0/s1. The molecule has 1 aliphatic rings. The van der Waals surface area contributed by atoms with Gasteiger partial charge in [-0.25, -0.2) is 4.79 Å². The Morgan fingerprint density at radius 1 is 1.15 bits per heavy atom. The molecule has 0 radical (unpaired) electrons. The van der Waals surface area contributed by atoms with Gasteiger partial charge in [0, 0.05) is 12.6 Å². The number of anilines is 1. The molecule has 0 saturated carbocycles. The van der Waals surface area contributed by atoms with E-state index in [0.717, 1.165) is 24.9 Å². The first-order valence-electron chi connectivity index (χ1n) is 8.59. The van der Waals surface area contributed by atoms with Gasteiger partial charge in [-0.2, -0.15) is 0 Å². The molecule has 1 fully saturated rings. The first-order valence-corrected chi connectivity index (χ1v) is 8.97. The first-order chi connectivity index (χ1) is 12.5. The fraction of sp³-hybridized carbons (Fsp3) is 0.350. The van der Waals surface area contributed by atoms with Crippen LogP contribution in [0, 0.1) is 6.92 Å². The highest BCUT2D eigenvalue weighted by Gasteiger charge is 2.30. The number of halogens is 1. The number of benzene rings is 2. The molecule has 2 aromatic carbocycles. The zero-order valence-corrected chi connectivity index (χ0v) is 16.0. The van der Waals surface area contributed by atoms with Crippen LogP contribution in [0.4, 0.5) is 10.5 Å². The number of hydrogen-bond acceptors (Lipinski definition) is 3. The van der Waals surface area contributed by atoms with Crippen molar-refractivity contribution in [2.75, 3.05) is 26.1 Å². The van der Waals surface area contributed by atoms with E-state index >= 15 is 0 Å². The second kappa shape index (κ2) is 7.87. The Morgan fingerprint density at radius 3 is 2.50 bits per heavy atom. The lowest BCUT2D eigenvalue weighted by Crippen LogP contribution is -2.34. The van der Waals surface area contributed by atoms with Crippen LogP contribution in [0.2, 0.25) is 5.02 Å². The molecule has 0 spiro atoms. The fourth-order valence-electron chi connectivity index (χ4n) is 3.29. The minimum Gasteiger partial charge on any atom is -0.495 e. The Morgan fingerprint density at radius 2 is 1.85 bits per heavy atom. The predicted octanol–water partition coefficient (Wildman–Crippen LogP) is 5.03. The predicted molar refractivity (Wildman–Crippen MR) is 103 cm³/mol. The molecule has 0 aromatic heterocycles. The van der Waals surface area contributed by atoms with Crippen LogP contribution in [0.5, 0.6) is 11.5 Å². The van der Waals surface area contributed by atoms with Crippen LogP contribution < -0.4 is 14.8 Å². The monoisotopic (exact) mass is 374 g/mol. The van der Waals surface area contributed by atoms with Crippen LogP contribution in [0.1, 0.15) is 30.0 Å². The van der Waals surface area contributed by atoms with Gasteiger partial charge in [-0.05, 0) is 31.4 Å². The van der Waals surface area contributed by atoms with Crippen LogP contribution in [-0.2, 0) is 0 Å². The lowest BCUT2D eigenvalue weighted by Gasteiger charge is -2.26. The quantitative estimate of drug-likeness (QED) is 0.816. The first kappa shape index (κ1) is 18.4. The molecule has 1 heterocycles. The molecule has 5 nitrogen and oxygen atoms in total. The van der Waals surface area contributed by atoms with E-state index in [2.05, 4.69) is 36.5 Å². The largest absolute Gasteiger partial charge is 0.495 e. The van der Waals surface area contributed by atoms with Gasteiger partial charge in [-0.1, -0.05) is 41.4 Å². The fourth-order valence-corrected chi connectivity index (χ4v) is 3.53. The van der Waals surface area contributed by atoms with Crippen molar-refractivity contribution in [3.8, 4) is 11.5 Å². The molecule has 0 bridgehead atoms. The zero-order chi connectivity index (χ0) is 18.7. The van der Waals surface area contributed by atoms with Gasteiger partial charge >= 0.3 is 6.03 Å². The number of ether oxygens (including phenoxy) is 2. The average molecular weight is 375 g/mol. The lowest BCUT2D eigenvalue weighted by molar-refractivity contribution is 0.207. The van der Waals surface area contributed by atoms with E-state index in [-0.39, 0.29) is 12.1 Å². The highest BCUT2D eigenvalue weighted by molar-refractivity contribution is 6.32. The molecule has 1 aliphatic heterocycles. The number of nitrogens with one attached hydrogen (secondary N) is 1. The van der Waals surface area contributed by atoms with E-state index in [1.54, 1.807) is 19.2 Å². The smallest absolute Gasteiger partial charge is 0.322 e. The van der Waals surface area contributed by atoms with Gasteiger partial charge in [-0.15, -0.1) is 0 Å². The van der Waals surface area contributed by atoms with E-state index in [1.165, 1.54) is 12.7 Å². The number of urea groups is 1. The van der Waals surface area contributed by atoms with Crippen molar-refractivity contribution in [2.45, 2.75) is 25.8 Å². The summed E-state index contributed by atoms with van der Waals surface area (Å²) in [5.74, 6) is 1.01. The molecule has 0 aliphatic carbocycles. The van der Waals surface area contributed by atoms with Crippen molar-refractivity contribution < 1.29 is 14.3 Å². The summed E-state index contributed by atoms with van der Waals surface area (Å²) in [7, 11) is 3.08. The van der Waals surface area contributed by atoms with Gasteiger partial charge in [0.25, 0.3) is 0 Å². The second-order valence-corrected chi connectivity index (χ2v) is 6.79. The summed E-state index contributed by atoms with van der Waals surface area (Å²) in [6, 6.07) is 11.6. The van der Waals surface area contributed by atoms with E-state index in [0.29, 0.717) is 22.2 Å². The molecular formula is C20H23ClN2O3. The van der Waals surface area contributed by atoms with Crippen molar-refractivity contribution in [2.24, 2.45) is 0 Å². The van der Waals surface area contributed by atoms with Gasteiger partial charge in [0.1, 0.15) is 11.5 Å². The number of amides is 2. The molecule has 3 rings (SSSR count). The molecule has 0 unspecified atom stereocenters. The van der Waals surface area contributed by atoms with Crippen molar-refractivity contribution in [1.82, 2.24) is 4.90 Å². The van der Waals surface area contributed by atoms with E-state index in [1.807, 2.05) is 4.90 Å².